The Morgan fingerprint density at radius 2 is 2.14 bits per heavy atom. The van der Waals surface area contributed by atoms with Gasteiger partial charge in [0.2, 0.25) is 0 Å². The summed E-state index contributed by atoms with van der Waals surface area (Å²) in [6.07, 6.45) is 3.80. The van der Waals surface area contributed by atoms with Gasteiger partial charge in [0.25, 0.3) is 0 Å². The van der Waals surface area contributed by atoms with Crippen molar-refractivity contribution in [2.75, 3.05) is 24.5 Å². The molecule has 0 amide bonds. The predicted octanol–water partition coefficient (Wildman–Crippen LogP) is 3.58. The third-order valence-corrected chi connectivity index (χ3v) is 4.48. The third kappa shape index (κ3) is 4.87. The SMILES string of the molecule is CCCNCc1ccc(N2CCCC(C)(O)CC2)c(Cl)c1. The number of nitrogens with zero attached hydrogens (tertiary/aromatic N) is 1. The maximum Gasteiger partial charge on any atom is 0.0642 e. The van der Waals surface area contributed by atoms with E-state index in [-0.39, 0.29) is 0 Å². The zero-order valence-electron chi connectivity index (χ0n) is 13.2. The van der Waals surface area contributed by atoms with Gasteiger partial charge in [-0.3, -0.25) is 0 Å². The van der Waals surface area contributed by atoms with Crippen LogP contribution >= 0.6 is 11.6 Å². The highest BCUT2D eigenvalue weighted by atomic mass is 35.5. The number of halogens is 1. The molecular formula is C17H27ClN2O. The third-order valence-electron chi connectivity index (χ3n) is 4.17. The first-order valence-corrected chi connectivity index (χ1v) is 8.36. The minimum atomic E-state index is -0.536. The van der Waals surface area contributed by atoms with Crippen molar-refractivity contribution in [3.63, 3.8) is 0 Å². The first-order valence-electron chi connectivity index (χ1n) is 7.98. The molecule has 118 valence electrons. The number of aliphatic hydroxyl groups is 1. The highest BCUT2D eigenvalue weighted by Crippen LogP contribution is 2.31. The quantitative estimate of drug-likeness (QED) is 0.816. The Kier molecular flexibility index (Phi) is 5.91. The van der Waals surface area contributed by atoms with Crippen molar-refractivity contribution in [1.29, 1.82) is 0 Å². The van der Waals surface area contributed by atoms with E-state index in [1.807, 2.05) is 6.92 Å². The lowest BCUT2D eigenvalue weighted by Crippen LogP contribution is -2.28. The molecule has 21 heavy (non-hydrogen) atoms. The summed E-state index contributed by atoms with van der Waals surface area (Å²) >= 11 is 6.47. The average molecular weight is 311 g/mol. The van der Waals surface area contributed by atoms with Crippen molar-refractivity contribution in [2.45, 2.75) is 51.7 Å². The van der Waals surface area contributed by atoms with Crippen LogP contribution in [0.15, 0.2) is 18.2 Å². The van der Waals surface area contributed by atoms with Gasteiger partial charge in [-0.2, -0.15) is 0 Å². The van der Waals surface area contributed by atoms with E-state index in [1.165, 1.54) is 5.56 Å². The molecular weight excluding hydrogens is 284 g/mol. The molecule has 4 heteroatoms. The van der Waals surface area contributed by atoms with Crippen molar-refractivity contribution in [2.24, 2.45) is 0 Å². The second kappa shape index (κ2) is 7.48. The van der Waals surface area contributed by atoms with Crippen LogP contribution in [0.25, 0.3) is 0 Å². The molecule has 0 spiro atoms. The largest absolute Gasteiger partial charge is 0.390 e. The van der Waals surface area contributed by atoms with Crippen LogP contribution in [-0.2, 0) is 6.54 Å². The van der Waals surface area contributed by atoms with E-state index in [4.69, 9.17) is 11.6 Å². The molecule has 1 heterocycles. The summed E-state index contributed by atoms with van der Waals surface area (Å²) in [4.78, 5) is 2.30. The maximum atomic E-state index is 10.2. The normalized spacial score (nSPS) is 23.1. The molecule has 3 nitrogen and oxygen atoms in total. The van der Waals surface area contributed by atoms with Crippen LogP contribution in [-0.4, -0.2) is 30.3 Å². The second-order valence-electron chi connectivity index (χ2n) is 6.30. The van der Waals surface area contributed by atoms with E-state index in [0.29, 0.717) is 0 Å². The lowest BCUT2D eigenvalue weighted by atomic mass is 9.98. The Bertz CT molecular complexity index is 462. The number of anilines is 1. The smallest absolute Gasteiger partial charge is 0.0642 e. The Hall–Kier alpha value is -0.770. The van der Waals surface area contributed by atoms with Gasteiger partial charge in [0, 0.05) is 19.6 Å². The Morgan fingerprint density at radius 1 is 1.33 bits per heavy atom. The van der Waals surface area contributed by atoms with E-state index in [1.54, 1.807) is 0 Å². The standard InChI is InChI=1S/C17H27ClN2O/c1-3-9-19-13-14-5-6-16(15(18)12-14)20-10-4-7-17(2,21)8-11-20/h5-6,12,19,21H,3-4,7-11,13H2,1-2H3. The number of nitrogens with one attached hydrogen (secondary N) is 1. The number of benzene rings is 1. The summed E-state index contributed by atoms with van der Waals surface area (Å²) in [6.45, 7) is 7.81. The monoisotopic (exact) mass is 310 g/mol. The van der Waals surface area contributed by atoms with Gasteiger partial charge in [0.15, 0.2) is 0 Å². The van der Waals surface area contributed by atoms with Crippen molar-refractivity contribution >= 4 is 17.3 Å². The highest BCUT2D eigenvalue weighted by Gasteiger charge is 2.25. The molecule has 0 bridgehead atoms. The van der Waals surface area contributed by atoms with Crippen molar-refractivity contribution in [1.82, 2.24) is 5.32 Å². The second-order valence-corrected chi connectivity index (χ2v) is 6.71. The molecule has 1 aromatic carbocycles. The van der Waals surface area contributed by atoms with Gasteiger partial charge in [0.05, 0.1) is 16.3 Å². The Morgan fingerprint density at radius 3 is 2.86 bits per heavy atom. The summed E-state index contributed by atoms with van der Waals surface area (Å²) in [5, 5.41) is 14.4. The summed E-state index contributed by atoms with van der Waals surface area (Å²) < 4.78 is 0. The lowest BCUT2D eigenvalue weighted by Gasteiger charge is -2.25. The van der Waals surface area contributed by atoms with Crippen molar-refractivity contribution in [3.8, 4) is 0 Å². The molecule has 0 aromatic heterocycles. The molecule has 1 aliphatic heterocycles. The molecule has 1 unspecified atom stereocenters. The zero-order valence-corrected chi connectivity index (χ0v) is 13.9. The van der Waals surface area contributed by atoms with Gasteiger partial charge >= 0.3 is 0 Å². The fourth-order valence-corrected chi connectivity index (χ4v) is 3.15. The average Bonchev–Trinajstić information content (AvgIpc) is 2.60. The molecule has 0 saturated carbocycles. The van der Waals surface area contributed by atoms with Crippen LogP contribution in [0.3, 0.4) is 0 Å². The summed E-state index contributed by atoms with van der Waals surface area (Å²) in [5.41, 5.74) is 1.78. The van der Waals surface area contributed by atoms with E-state index >= 15 is 0 Å². The molecule has 2 rings (SSSR count). The van der Waals surface area contributed by atoms with Crippen LogP contribution in [0, 0.1) is 0 Å². The minimum Gasteiger partial charge on any atom is -0.390 e. The number of rotatable bonds is 5. The van der Waals surface area contributed by atoms with Gasteiger partial charge in [-0.1, -0.05) is 24.6 Å². The Labute approximate surface area is 133 Å². The fraction of sp³-hybridized carbons (Fsp3) is 0.647. The number of hydrogen-bond acceptors (Lipinski definition) is 3. The molecule has 1 aromatic rings. The van der Waals surface area contributed by atoms with Gasteiger partial charge in [-0.05, 0) is 56.8 Å². The van der Waals surface area contributed by atoms with Gasteiger partial charge in [-0.25, -0.2) is 0 Å². The fourth-order valence-electron chi connectivity index (χ4n) is 2.83. The van der Waals surface area contributed by atoms with Crippen LogP contribution in [0.1, 0.15) is 45.1 Å². The summed E-state index contributed by atoms with van der Waals surface area (Å²) in [6, 6.07) is 6.32. The maximum absolute atomic E-state index is 10.2. The first kappa shape index (κ1) is 16.6. The van der Waals surface area contributed by atoms with Crippen molar-refractivity contribution < 1.29 is 5.11 Å². The van der Waals surface area contributed by atoms with Crippen molar-refractivity contribution in [3.05, 3.63) is 28.8 Å². The zero-order chi connectivity index (χ0) is 15.3. The molecule has 1 atom stereocenters. The number of hydrogen-bond donors (Lipinski definition) is 2. The predicted molar refractivity (Wildman–Crippen MR) is 90.1 cm³/mol. The highest BCUT2D eigenvalue weighted by molar-refractivity contribution is 6.33. The van der Waals surface area contributed by atoms with E-state index in [2.05, 4.69) is 35.3 Å². The van der Waals surface area contributed by atoms with Gasteiger partial charge in [-0.15, -0.1) is 0 Å². The summed E-state index contributed by atoms with van der Waals surface area (Å²) in [5.74, 6) is 0. The minimum absolute atomic E-state index is 0.536. The molecule has 1 saturated heterocycles. The first-order chi connectivity index (χ1) is 10.0. The van der Waals surface area contributed by atoms with Crippen LogP contribution in [0.5, 0.6) is 0 Å². The molecule has 0 aliphatic carbocycles. The lowest BCUT2D eigenvalue weighted by molar-refractivity contribution is 0.0481. The van der Waals surface area contributed by atoms with E-state index in [0.717, 1.165) is 62.6 Å². The Balaban J connectivity index is 2.03. The molecule has 1 fully saturated rings. The van der Waals surface area contributed by atoms with Gasteiger partial charge < -0.3 is 15.3 Å². The van der Waals surface area contributed by atoms with Crippen LogP contribution < -0.4 is 10.2 Å². The topological polar surface area (TPSA) is 35.5 Å². The molecule has 2 N–H and O–H groups in total. The molecule has 0 radical (unpaired) electrons. The van der Waals surface area contributed by atoms with Crippen LogP contribution in [0.2, 0.25) is 5.02 Å². The summed E-state index contributed by atoms with van der Waals surface area (Å²) in [7, 11) is 0. The molecule has 1 aliphatic rings. The van der Waals surface area contributed by atoms with E-state index < -0.39 is 5.60 Å². The van der Waals surface area contributed by atoms with E-state index in [9.17, 15) is 5.11 Å². The van der Waals surface area contributed by atoms with Gasteiger partial charge in [0.1, 0.15) is 0 Å². The van der Waals surface area contributed by atoms with Crippen LogP contribution in [0.4, 0.5) is 5.69 Å².